The average molecular weight is 382 g/mol. The van der Waals surface area contributed by atoms with E-state index < -0.39 is 28.5 Å². The minimum absolute atomic E-state index is 0.0174. The molecule has 8 nitrogen and oxygen atoms in total. The van der Waals surface area contributed by atoms with Crippen molar-refractivity contribution in [1.82, 2.24) is 9.21 Å². The van der Waals surface area contributed by atoms with Crippen LogP contribution in [0.25, 0.3) is 0 Å². The highest BCUT2D eigenvalue weighted by Gasteiger charge is 2.28. The van der Waals surface area contributed by atoms with Crippen LogP contribution < -0.4 is 0 Å². The fourth-order valence-electron chi connectivity index (χ4n) is 2.43. The SMILES string of the molecule is CC(C)N(C)S(=O)(=O)c1cccc(C(=O)OCC(=O)N2CCCC2=O)c1. The van der Waals surface area contributed by atoms with Gasteiger partial charge < -0.3 is 4.74 Å². The third kappa shape index (κ3) is 4.28. The molecule has 1 aromatic carbocycles. The van der Waals surface area contributed by atoms with Gasteiger partial charge in [0.1, 0.15) is 0 Å². The van der Waals surface area contributed by atoms with Crippen molar-refractivity contribution in [2.75, 3.05) is 20.2 Å². The topological polar surface area (TPSA) is 101 Å². The van der Waals surface area contributed by atoms with Gasteiger partial charge in [-0.3, -0.25) is 14.5 Å². The zero-order chi connectivity index (χ0) is 19.5. The minimum atomic E-state index is -3.74. The van der Waals surface area contributed by atoms with Gasteiger partial charge in [0, 0.05) is 26.1 Å². The summed E-state index contributed by atoms with van der Waals surface area (Å²) in [5, 5.41) is 0. The van der Waals surface area contributed by atoms with Crippen molar-refractivity contribution in [1.29, 1.82) is 0 Å². The minimum Gasteiger partial charge on any atom is -0.452 e. The molecule has 26 heavy (non-hydrogen) atoms. The summed E-state index contributed by atoms with van der Waals surface area (Å²) in [4.78, 5) is 36.6. The summed E-state index contributed by atoms with van der Waals surface area (Å²) in [7, 11) is -2.29. The second-order valence-corrected chi connectivity index (χ2v) is 8.26. The van der Waals surface area contributed by atoms with E-state index in [1.165, 1.54) is 35.6 Å². The molecule has 0 unspecified atom stereocenters. The van der Waals surface area contributed by atoms with Crippen LogP contribution in [0.5, 0.6) is 0 Å². The van der Waals surface area contributed by atoms with Crippen LogP contribution in [0.3, 0.4) is 0 Å². The molecule has 1 saturated heterocycles. The van der Waals surface area contributed by atoms with Gasteiger partial charge in [-0.05, 0) is 38.5 Å². The number of imide groups is 1. The third-order valence-corrected chi connectivity index (χ3v) is 6.20. The highest BCUT2D eigenvalue weighted by Crippen LogP contribution is 2.18. The van der Waals surface area contributed by atoms with Crippen molar-refractivity contribution in [2.45, 2.75) is 37.6 Å². The Kier molecular flexibility index (Phi) is 6.14. The molecular formula is C17H22N2O6S. The van der Waals surface area contributed by atoms with Crippen LogP contribution >= 0.6 is 0 Å². The van der Waals surface area contributed by atoms with E-state index in [1.807, 2.05) is 0 Å². The zero-order valence-electron chi connectivity index (χ0n) is 15.0. The van der Waals surface area contributed by atoms with Crippen molar-refractivity contribution in [3.63, 3.8) is 0 Å². The van der Waals surface area contributed by atoms with Gasteiger partial charge >= 0.3 is 5.97 Å². The Morgan fingerprint density at radius 2 is 2.00 bits per heavy atom. The van der Waals surface area contributed by atoms with Crippen LogP contribution in [0, 0.1) is 0 Å². The summed E-state index contributed by atoms with van der Waals surface area (Å²) in [5.41, 5.74) is 0.0174. The molecule has 1 fully saturated rings. The molecule has 2 amide bonds. The Morgan fingerprint density at radius 3 is 2.58 bits per heavy atom. The number of sulfonamides is 1. The van der Waals surface area contributed by atoms with Gasteiger partial charge in [-0.15, -0.1) is 0 Å². The van der Waals surface area contributed by atoms with Crippen LogP contribution in [0.15, 0.2) is 29.2 Å². The first-order valence-electron chi connectivity index (χ1n) is 8.23. The molecule has 0 saturated carbocycles. The molecule has 0 N–H and O–H groups in total. The number of carbonyl (C=O) groups excluding carboxylic acids is 3. The molecule has 1 heterocycles. The molecule has 142 valence electrons. The smallest absolute Gasteiger partial charge is 0.338 e. The maximum atomic E-state index is 12.5. The van der Waals surface area contributed by atoms with Crippen LogP contribution in [-0.2, 0) is 24.3 Å². The molecular weight excluding hydrogens is 360 g/mol. The second-order valence-electron chi connectivity index (χ2n) is 6.26. The predicted molar refractivity (Wildman–Crippen MR) is 92.8 cm³/mol. The first-order valence-corrected chi connectivity index (χ1v) is 9.67. The molecule has 0 spiro atoms. The first kappa shape index (κ1) is 20.1. The number of hydrogen-bond acceptors (Lipinski definition) is 6. The van der Waals surface area contributed by atoms with Gasteiger partial charge in [0.15, 0.2) is 6.61 Å². The third-order valence-electron chi connectivity index (χ3n) is 4.18. The molecule has 0 aliphatic carbocycles. The molecule has 1 aliphatic rings. The van der Waals surface area contributed by atoms with E-state index in [0.29, 0.717) is 19.4 Å². The summed E-state index contributed by atoms with van der Waals surface area (Å²) in [6, 6.07) is 5.19. The molecule has 0 atom stereocenters. The van der Waals surface area contributed by atoms with Crippen molar-refractivity contribution < 1.29 is 27.5 Å². The van der Waals surface area contributed by atoms with Gasteiger partial charge in [-0.2, -0.15) is 4.31 Å². The second kappa shape index (κ2) is 7.96. The summed E-state index contributed by atoms with van der Waals surface area (Å²) < 4.78 is 31.1. The summed E-state index contributed by atoms with van der Waals surface area (Å²) in [6.45, 7) is 3.24. The standard InChI is InChI=1S/C17H22N2O6S/c1-12(2)18(3)26(23,24)14-7-4-6-13(10-14)17(22)25-11-16(21)19-9-5-8-15(19)20/h4,6-7,10,12H,5,8-9,11H2,1-3H3. The molecule has 1 aromatic rings. The Hall–Kier alpha value is -2.26. The monoisotopic (exact) mass is 382 g/mol. The lowest BCUT2D eigenvalue weighted by molar-refractivity contribution is -0.143. The van der Waals surface area contributed by atoms with Gasteiger partial charge in [-0.1, -0.05) is 6.07 Å². The fraction of sp³-hybridized carbons (Fsp3) is 0.471. The number of nitrogens with zero attached hydrogens (tertiary/aromatic N) is 2. The maximum absolute atomic E-state index is 12.5. The van der Waals surface area contributed by atoms with Crippen LogP contribution in [-0.4, -0.2) is 61.6 Å². The number of benzene rings is 1. The van der Waals surface area contributed by atoms with Gasteiger partial charge in [-0.25, -0.2) is 13.2 Å². The maximum Gasteiger partial charge on any atom is 0.338 e. The molecule has 0 radical (unpaired) electrons. The van der Waals surface area contributed by atoms with E-state index >= 15 is 0 Å². The van der Waals surface area contributed by atoms with Crippen molar-refractivity contribution in [3.8, 4) is 0 Å². The first-order chi connectivity index (χ1) is 12.1. The van der Waals surface area contributed by atoms with E-state index in [2.05, 4.69) is 0 Å². The Morgan fingerprint density at radius 1 is 1.31 bits per heavy atom. The number of hydrogen-bond donors (Lipinski definition) is 0. The number of carbonyl (C=O) groups is 3. The lowest BCUT2D eigenvalue weighted by atomic mass is 10.2. The van der Waals surface area contributed by atoms with Gasteiger partial charge in [0.2, 0.25) is 15.9 Å². The lowest BCUT2D eigenvalue weighted by Crippen LogP contribution is -2.35. The highest BCUT2D eigenvalue weighted by molar-refractivity contribution is 7.89. The van der Waals surface area contributed by atoms with Crippen LogP contribution in [0.2, 0.25) is 0 Å². The summed E-state index contributed by atoms with van der Waals surface area (Å²) in [5.74, 6) is -1.69. The van der Waals surface area contributed by atoms with E-state index in [0.717, 1.165) is 4.90 Å². The summed E-state index contributed by atoms with van der Waals surface area (Å²) in [6.07, 6.45) is 0.907. The number of ether oxygens (including phenoxy) is 1. The molecule has 0 aromatic heterocycles. The van der Waals surface area contributed by atoms with E-state index in [-0.39, 0.29) is 22.4 Å². The van der Waals surface area contributed by atoms with Gasteiger partial charge in [0.25, 0.3) is 5.91 Å². The average Bonchev–Trinajstić information content (AvgIpc) is 3.04. The normalized spacial score (nSPS) is 15.0. The van der Waals surface area contributed by atoms with Crippen molar-refractivity contribution >= 4 is 27.8 Å². The molecule has 9 heteroatoms. The zero-order valence-corrected chi connectivity index (χ0v) is 15.8. The van der Waals surface area contributed by atoms with Crippen LogP contribution in [0.4, 0.5) is 0 Å². The Labute approximate surface area is 152 Å². The Bertz CT molecular complexity index is 818. The lowest BCUT2D eigenvalue weighted by Gasteiger charge is -2.21. The quantitative estimate of drug-likeness (QED) is 0.681. The number of rotatable bonds is 6. The number of likely N-dealkylation sites (tertiary alicyclic amines) is 1. The highest BCUT2D eigenvalue weighted by atomic mass is 32.2. The van der Waals surface area contributed by atoms with Crippen molar-refractivity contribution in [2.24, 2.45) is 0 Å². The van der Waals surface area contributed by atoms with Gasteiger partial charge in [0.05, 0.1) is 10.5 Å². The van der Waals surface area contributed by atoms with E-state index in [9.17, 15) is 22.8 Å². The predicted octanol–water partition coefficient (Wildman–Crippen LogP) is 1.02. The molecule has 1 aliphatic heterocycles. The number of esters is 1. The molecule has 0 bridgehead atoms. The van der Waals surface area contributed by atoms with E-state index in [1.54, 1.807) is 13.8 Å². The summed E-state index contributed by atoms with van der Waals surface area (Å²) >= 11 is 0. The van der Waals surface area contributed by atoms with Crippen LogP contribution in [0.1, 0.15) is 37.0 Å². The largest absolute Gasteiger partial charge is 0.452 e. The number of amides is 2. The van der Waals surface area contributed by atoms with E-state index in [4.69, 9.17) is 4.74 Å². The van der Waals surface area contributed by atoms with Crippen molar-refractivity contribution in [3.05, 3.63) is 29.8 Å². The Balaban J connectivity index is 2.08. The fourth-order valence-corrected chi connectivity index (χ4v) is 3.84. The molecule has 2 rings (SSSR count).